The van der Waals surface area contributed by atoms with Crippen molar-refractivity contribution >= 4 is 21.6 Å². The molecule has 2 saturated heterocycles. The second-order valence-corrected chi connectivity index (χ2v) is 11.6. The molecule has 0 saturated carbocycles. The van der Waals surface area contributed by atoms with Crippen molar-refractivity contribution in [2.75, 3.05) is 7.05 Å². The fourth-order valence-corrected chi connectivity index (χ4v) is 6.51. The first kappa shape index (κ1) is 26.9. The molecule has 2 bridgehead atoms. The number of nitrogens with zero attached hydrogens (tertiary/aromatic N) is 3. The Hall–Kier alpha value is -2.70. The third-order valence-electron chi connectivity index (χ3n) is 8.08. The molecule has 7 nitrogen and oxygen atoms in total. The van der Waals surface area contributed by atoms with Crippen LogP contribution in [0.4, 0.5) is 0 Å². The maximum absolute atomic E-state index is 13.4. The van der Waals surface area contributed by atoms with Crippen LogP contribution >= 0.6 is 11.3 Å². The van der Waals surface area contributed by atoms with Crippen molar-refractivity contribution in [3.05, 3.63) is 51.4 Å². The molecule has 0 amide bonds. The van der Waals surface area contributed by atoms with Gasteiger partial charge in [-0.2, -0.15) is 0 Å². The molecule has 0 aliphatic carbocycles. The number of aromatic nitrogens is 2. The average Bonchev–Trinajstić information content (AvgIpc) is 3.42. The highest BCUT2D eigenvalue weighted by Crippen LogP contribution is 2.37. The van der Waals surface area contributed by atoms with Crippen LogP contribution in [0, 0.1) is 11.8 Å². The lowest BCUT2D eigenvalue weighted by molar-refractivity contribution is 0.0654. The number of aryl methyl sites for hydroxylation is 1. The van der Waals surface area contributed by atoms with Crippen molar-refractivity contribution in [1.29, 1.82) is 0 Å². The number of hydrogen-bond donors (Lipinski definition) is 2. The van der Waals surface area contributed by atoms with Crippen molar-refractivity contribution in [3.8, 4) is 23.3 Å². The molecule has 3 unspecified atom stereocenters. The zero-order valence-electron chi connectivity index (χ0n) is 22.4. The number of aliphatic hydroxyl groups excluding tert-OH is 2. The van der Waals surface area contributed by atoms with Crippen LogP contribution in [-0.4, -0.2) is 62.1 Å². The molecule has 2 aliphatic heterocycles. The second kappa shape index (κ2) is 11.6. The zero-order chi connectivity index (χ0) is 26.8. The third-order valence-corrected chi connectivity index (χ3v) is 9.10. The van der Waals surface area contributed by atoms with Crippen molar-refractivity contribution < 1.29 is 14.9 Å². The minimum Gasteiger partial charge on any atom is -0.490 e. The minimum absolute atomic E-state index is 0.149. The van der Waals surface area contributed by atoms with Gasteiger partial charge < -0.3 is 19.8 Å². The zero-order valence-corrected chi connectivity index (χ0v) is 23.2. The van der Waals surface area contributed by atoms with Crippen LogP contribution in [0.2, 0.25) is 0 Å². The van der Waals surface area contributed by atoms with Gasteiger partial charge in [0.05, 0.1) is 22.2 Å². The molecule has 4 heterocycles. The standard InChI is InChI=1S/C30H37N3O4S/c1-4-23(34)10-6-19-14-22(9-13-28(19)37-25-15-20-7-8-21(16-25)32(20)3)33-18-31-27-17-26(12-11-24(35)5-2)38-29(27)30(33)36/h9,13-14,17-18,20-21,23-25,34-35H,4-8,10,15-16H2,1-3H3/t20-,21+,23?,24?,25?. The summed E-state index contributed by atoms with van der Waals surface area (Å²) >= 11 is 1.30. The van der Waals surface area contributed by atoms with Crippen molar-refractivity contribution in [1.82, 2.24) is 14.5 Å². The lowest BCUT2D eigenvalue weighted by Crippen LogP contribution is -2.43. The van der Waals surface area contributed by atoms with E-state index in [1.54, 1.807) is 17.0 Å². The van der Waals surface area contributed by atoms with E-state index in [2.05, 4.69) is 28.8 Å². The van der Waals surface area contributed by atoms with Gasteiger partial charge in [0.2, 0.25) is 0 Å². The molecular formula is C30H37N3O4S. The van der Waals surface area contributed by atoms with E-state index >= 15 is 0 Å². The number of ether oxygens (including phenoxy) is 1. The third kappa shape index (κ3) is 5.67. The molecule has 5 rings (SSSR count). The lowest BCUT2D eigenvalue weighted by Gasteiger charge is -2.36. The smallest absolute Gasteiger partial charge is 0.275 e. The largest absolute Gasteiger partial charge is 0.490 e. The minimum atomic E-state index is -0.681. The van der Waals surface area contributed by atoms with E-state index in [1.807, 2.05) is 32.0 Å². The van der Waals surface area contributed by atoms with E-state index in [-0.39, 0.29) is 17.8 Å². The number of thiophene rings is 1. The van der Waals surface area contributed by atoms with Gasteiger partial charge in [-0.3, -0.25) is 9.36 Å². The predicted molar refractivity (Wildman–Crippen MR) is 151 cm³/mol. The summed E-state index contributed by atoms with van der Waals surface area (Å²) in [4.78, 5) is 21.2. The van der Waals surface area contributed by atoms with Gasteiger partial charge in [-0.25, -0.2) is 4.98 Å². The van der Waals surface area contributed by atoms with Gasteiger partial charge in [0.15, 0.2) is 0 Å². The van der Waals surface area contributed by atoms with Gasteiger partial charge in [-0.05, 0) is 88.2 Å². The summed E-state index contributed by atoms with van der Waals surface area (Å²) in [6, 6.07) is 8.86. The van der Waals surface area contributed by atoms with Crippen LogP contribution in [0.15, 0.2) is 35.4 Å². The van der Waals surface area contributed by atoms with E-state index in [1.165, 1.54) is 24.2 Å². The van der Waals surface area contributed by atoms with Gasteiger partial charge in [0.1, 0.15) is 29.0 Å². The Morgan fingerprint density at radius 2 is 1.92 bits per heavy atom. The Labute approximate surface area is 228 Å². The topological polar surface area (TPSA) is 87.8 Å². The number of aliphatic hydroxyl groups is 2. The first-order valence-corrected chi connectivity index (χ1v) is 14.6. The van der Waals surface area contributed by atoms with E-state index in [0.717, 1.165) is 29.8 Å². The van der Waals surface area contributed by atoms with Crippen LogP contribution < -0.4 is 10.3 Å². The molecule has 8 heteroatoms. The van der Waals surface area contributed by atoms with Gasteiger partial charge in [0.25, 0.3) is 5.56 Å². The predicted octanol–water partition coefficient (Wildman–Crippen LogP) is 4.28. The Bertz CT molecular complexity index is 1390. The molecule has 1 aromatic carbocycles. The summed E-state index contributed by atoms with van der Waals surface area (Å²) in [6.45, 7) is 3.85. The van der Waals surface area contributed by atoms with Crippen LogP contribution in [-0.2, 0) is 6.42 Å². The molecule has 5 atom stereocenters. The number of benzene rings is 1. The summed E-state index contributed by atoms with van der Waals surface area (Å²) in [5, 5.41) is 20.0. The molecule has 0 spiro atoms. The van der Waals surface area contributed by atoms with Crippen LogP contribution in [0.1, 0.15) is 69.2 Å². The monoisotopic (exact) mass is 535 g/mol. The van der Waals surface area contributed by atoms with Crippen LogP contribution in [0.5, 0.6) is 5.75 Å². The lowest BCUT2D eigenvalue weighted by atomic mass is 9.99. The average molecular weight is 536 g/mol. The number of hydrogen-bond acceptors (Lipinski definition) is 7. The van der Waals surface area contributed by atoms with Gasteiger partial charge in [-0.15, -0.1) is 11.3 Å². The summed E-state index contributed by atoms with van der Waals surface area (Å²) in [5.74, 6) is 6.61. The van der Waals surface area contributed by atoms with E-state index in [0.29, 0.717) is 52.9 Å². The number of piperidine rings is 1. The fourth-order valence-electron chi connectivity index (χ4n) is 5.60. The Morgan fingerprint density at radius 3 is 2.63 bits per heavy atom. The maximum atomic E-state index is 13.4. The molecule has 0 radical (unpaired) electrons. The van der Waals surface area contributed by atoms with E-state index < -0.39 is 6.10 Å². The maximum Gasteiger partial charge on any atom is 0.275 e. The summed E-state index contributed by atoms with van der Waals surface area (Å²) in [6.07, 6.45) is 7.79. The quantitative estimate of drug-likeness (QED) is 0.419. The fraction of sp³-hybridized carbons (Fsp3) is 0.533. The van der Waals surface area contributed by atoms with E-state index in [4.69, 9.17) is 4.74 Å². The molecule has 2 fully saturated rings. The second-order valence-electron chi connectivity index (χ2n) is 10.6. The highest BCUT2D eigenvalue weighted by molar-refractivity contribution is 7.19. The summed E-state index contributed by atoms with van der Waals surface area (Å²) in [5.41, 5.74) is 2.18. The summed E-state index contributed by atoms with van der Waals surface area (Å²) in [7, 11) is 2.23. The van der Waals surface area contributed by atoms with Crippen molar-refractivity contribution in [3.63, 3.8) is 0 Å². The highest BCUT2D eigenvalue weighted by atomic mass is 32.1. The SMILES string of the molecule is CCC(O)C#Cc1cc2ncn(-c3ccc(OC4C[C@H]5CC[C@@H](C4)N5C)c(CCC(O)CC)c3)c(=O)c2s1. The Balaban J connectivity index is 1.44. The Kier molecular flexibility index (Phi) is 8.20. The molecule has 202 valence electrons. The van der Waals surface area contributed by atoms with E-state index in [9.17, 15) is 15.0 Å². The first-order valence-electron chi connectivity index (χ1n) is 13.8. The van der Waals surface area contributed by atoms with Gasteiger partial charge >= 0.3 is 0 Å². The molecule has 2 N–H and O–H groups in total. The van der Waals surface area contributed by atoms with Crippen LogP contribution in [0.25, 0.3) is 15.9 Å². The molecular weight excluding hydrogens is 498 g/mol. The number of rotatable bonds is 8. The highest BCUT2D eigenvalue weighted by Gasteiger charge is 2.39. The number of fused-ring (bicyclic) bond motifs is 3. The summed E-state index contributed by atoms with van der Waals surface area (Å²) < 4.78 is 8.69. The van der Waals surface area contributed by atoms with Gasteiger partial charge in [-0.1, -0.05) is 25.7 Å². The normalized spacial score (nSPS) is 22.7. The van der Waals surface area contributed by atoms with Crippen molar-refractivity contribution in [2.45, 2.75) is 95.6 Å². The van der Waals surface area contributed by atoms with Gasteiger partial charge in [0, 0.05) is 12.1 Å². The molecule has 3 aromatic rings. The van der Waals surface area contributed by atoms with Crippen LogP contribution in [0.3, 0.4) is 0 Å². The van der Waals surface area contributed by atoms with Crippen molar-refractivity contribution in [2.24, 2.45) is 0 Å². The molecule has 2 aliphatic rings. The first-order chi connectivity index (χ1) is 18.4. The molecule has 2 aromatic heterocycles. The Morgan fingerprint density at radius 1 is 1.16 bits per heavy atom. The molecule has 38 heavy (non-hydrogen) atoms.